The van der Waals surface area contributed by atoms with Crippen LogP contribution in [0.15, 0.2) is 40.6 Å². The van der Waals surface area contributed by atoms with Gasteiger partial charge in [0.1, 0.15) is 0 Å². The Morgan fingerprint density at radius 2 is 2.06 bits per heavy atom. The van der Waals surface area contributed by atoms with Gasteiger partial charge in [-0.2, -0.15) is 9.78 Å². The van der Waals surface area contributed by atoms with Crippen molar-refractivity contribution in [2.24, 2.45) is 5.10 Å². The van der Waals surface area contributed by atoms with Crippen molar-refractivity contribution in [1.82, 2.24) is 14.9 Å². The van der Waals surface area contributed by atoms with E-state index in [1.807, 2.05) is 35.0 Å². The van der Waals surface area contributed by atoms with Crippen LogP contribution in [0.5, 0.6) is 0 Å². The van der Waals surface area contributed by atoms with E-state index in [1.54, 1.807) is 11.8 Å². The van der Waals surface area contributed by atoms with Crippen molar-refractivity contribution in [2.75, 3.05) is 0 Å². The van der Waals surface area contributed by atoms with Crippen LogP contribution in [-0.2, 0) is 0 Å². The highest BCUT2D eigenvalue weighted by Gasteiger charge is 2.31. The van der Waals surface area contributed by atoms with E-state index in [2.05, 4.69) is 10.2 Å². The summed E-state index contributed by atoms with van der Waals surface area (Å²) in [5.74, 6) is 0.843. The molecule has 90 valence electrons. The molecule has 1 aromatic heterocycles. The molecule has 2 aliphatic rings. The zero-order valence-electron chi connectivity index (χ0n) is 9.78. The fourth-order valence-corrected chi connectivity index (χ4v) is 3.64. The molecule has 0 saturated heterocycles. The Morgan fingerprint density at radius 3 is 2.94 bits per heavy atom. The van der Waals surface area contributed by atoms with Gasteiger partial charge in [-0.15, -0.1) is 10.2 Å². The molecule has 4 rings (SSSR count). The lowest BCUT2D eigenvalue weighted by Crippen LogP contribution is -2.17. The summed E-state index contributed by atoms with van der Waals surface area (Å²) in [5, 5.41) is 14.7. The molecule has 2 aromatic rings. The SMILES string of the molecule is c1ccc(-c2nnc3n2N=C2CCCC2S3)cc1. The van der Waals surface area contributed by atoms with Gasteiger partial charge in [0.2, 0.25) is 5.16 Å². The van der Waals surface area contributed by atoms with Crippen molar-refractivity contribution in [2.45, 2.75) is 29.7 Å². The van der Waals surface area contributed by atoms with E-state index in [-0.39, 0.29) is 0 Å². The molecule has 4 nitrogen and oxygen atoms in total. The highest BCUT2D eigenvalue weighted by Crippen LogP contribution is 2.37. The fraction of sp³-hybridized carbons (Fsp3) is 0.308. The maximum atomic E-state index is 4.73. The summed E-state index contributed by atoms with van der Waals surface area (Å²) in [4.78, 5) is 0. The summed E-state index contributed by atoms with van der Waals surface area (Å²) >= 11 is 1.80. The maximum absolute atomic E-state index is 4.73. The van der Waals surface area contributed by atoms with Gasteiger partial charge in [-0.1, -0.05) is 42.1 Å². The Balaban J connectivity index is 1.84. The smallest absolute Gasteiger partial charge is 0.187 e. The second-order valence-electron chi connectivity index (χ2n) is 4.57. The molecule has 1 saturated carbocycles. The third kappa shape index (κ3) is 1.50. The van der Waals surface area contributed by atoms with Gasteiger partial charge in [0, 0.05) is 5.56 Å². The molecule has 0 bridgehead atoms. The second-order valence-corrected chi connectivity index (χ2v) is 5.74. The van der Waals surface area contributed by atoms with Crippen molar-refractivity contribution in [3.05, 3.63) is 30.3 Å². The number of hydrogen-bond acceptors (Lipinski definition) is 4. The minimum atomic E-state index is 0.533. The van der Waals surface area contributed by atoms with E-state index in [0.717, 1.165) is 23.0 Å². The summed E-state index contributed by atoms with van der Waals surface area (Å²) < 4.78 is 1.90. The number of thioether (sulfide) groups is 1. The monoisotopic (exact) mass is 256 g/mol. The minimum absolute atomic E-state index is 0.533. The molecule has 0 radical (unpaired) electrons. The van der Waals surface area contributed by atoms with Crippen LogP contribution in [0.3, 0.4) is 0 Å². The van der Waals surface area contributed by atoms with Crippen LogP contribution in [0, 0.1) is 0 Å². The third-order valence-corrected chi connectivity index (χ3v) is 4.65. The van der Waals surface area contributed by atoms with Gasteiger partial charge in [0.25, 0.3) is 0 Å². The molecule has 5 heteroatoms. The molecule has 1 aliphatic carbocycles. The van der Waals surface area contributed by atoms with Crippen LogP contribution in [0.25, 0.3) is 11.4 Å². The summed E-state index contributed by atoms with van der Waals surface area (Å²) in [7, 11) is 0. The molecule has 2 heterocycles. The molecule has 1 atom stereocenters. The number of hydrogen-bond donors (Lipinski definition) is 0. The van der Waals surface area contributed by atoms with E-state index in [0.29, 0.717) is 5.25 Å². The predicted octanol–water partition coefficient (Wildman–Crippen LogP) is 2.81. The van der Waals surface area contributed by atoms with Crippen molar-refractivity contribution in [3.8, 4) is 11.4 Å². The van der Waals surface area contributed by atoms with Gasteiger partial charge in [0.15, 0.2) is 5.82 Å². The van der Waals surface area contributed by atoms with Crippen molar-refractivity contribution in [1.29, 1.82) is 0 Å². The molecule has 18 heavy (non-hydrogen) atoms. The number of fused-ring (bicyclic) bond motifs is 2. The van der Waals surface area contributed by atoms with E-state index < -0.39 is 0 Å². The van der Waals surface area contributed by atoms with Crippen LogP contribution in [0.1, 0.15) is 19.3 Å². The van der Waals surface area contributed by atoms with Crippen LogP contribution in [0.4, 0.5) is 0 Å². The van der Waals surface area contributed by atoms with Gasteiger partial charge in [-0.25, -0.2) is 0 Å². The van der Waals surface area contributed by atoms with Gasteiger partial charge in [-0.3, -0.25) is 0 Å². The molecular weight excluding hydrogens is 244 g/mol. The largest absolute Gasteiger partial charge is 0.213 e. The Labute approximate surface area is 109 Å². The predicted molar refractivity (Wildman–Crippen MR) is 71.8 cm³/mol. The van der Waals surface area contributed by atoms with Gasteiger partial charge < -0.3 is 0 Å². The normalized spacial score (nSPS) is 21.3. The molecule has 0 spiro atoms. The Morgan fingerprint density at radius 1 is 1.17 bits per heavy atom. The van der Waals surface area contributed by atoms with Crippen LogP contribution in [0.2, 0.25) is 0 Å². The van der Waals surface area contributed by atoms with E-state index >= 15 is 0 Å². The third-order valence-electron chi connectivity index (χ3n) is 3.39. The first-order valence-electron chi connectivity index (χ1n) is 6.17. The number of benzene rings is 1. The molecule has 1 fully saturated rings. The highest BCUT2D eigenvalue weighted by molar-refractivity contribution is 8.00. The number of nitrogens with zero attached hydrogens (tertiary/aromatic N) is 4. The summed E-state index contributed by atoms with van der Waals surface area (Å²) in [6.45, 7) is 0. The van der Waals surface area contributed by atoms with Gasteiger partial charge >= 0.3 is 0 Å². The average Bonchev–Trinajstić information content (AvgIpc) is 3.02. The first-order chi connectivity index (χ1) is 8.92. The van der Waals surface area contributed by atoms with Crippen molar-refractivity contribution >= 4 is 17.5 Å². The second kappa shape index (κ2) is 3.95. The maximum Gasteiger partial charge on any atom is 0.213 e. The van der Waals surface area contributed by atoms with Gasteiger partial charge in [-0.05, 0) is 19.3 Å². The van der Waals surface area contributed by atoms with Crippen LogP contribution in [-0.4, -0.2) is 25.8 Å². The zero-order valence-corrected chi connectivity index (χ0v) is 10.6. The molecule has 0 amide bonds. The van der Waals surface area contributed by atoms with Crippen molar-refractivity contribution in [3.63, 3.8) is 0 Å². The lowest BCUT2D eigenvalue weighted by Gasteiger charge is -2.16. The highest BCUT2D eigenvalue weighted by atomic mass is 32.2. The van der Waals surface area contributed by atoms with Crippen LogP contribution < -0.4 is 0 Å². The molecule has 0 N–H and O–H groups in total. The van der Waals surface area contributed by atoms with E-state index in [9.17, 15) is 0 Å². The first kappa shape index (κ1) is 10.3. The number of aromatic nitrogens is 3. The number of rotatable bonds is 1. The summed E-state index contributed by atoms with van der Waals surface area (Å²) in [6, 6.07) is 10.1. The fourth-order valence-electron chi connectivity index (χ4n) is 2.49. The average molecular weight is 256 g/mol. The molecule has 1 unspecified atom stereocenters. The lowest BCUT2D eigenvalue weighted by molar-refractivity contribution is 0.752. The van der Waals surface area contributed by atoms with Crippen molar-refractivity contribution < 1.29 is 0 Å². The van der Waals surface area contributed by atoms with E-state index in [4.69, 9.17) is 5.10 Å². The topological polar surface area (TPSA) is 43.1 Å². The molecular formula is C13H12N4S. The summed E-state index contributed by atoms with van der Waals surface area (Å²) in [6.07, 6.45) is 3.58. The minimum Gasteiger partial charge on any atom is -0.187 e. The molecule has 1 aliphatic heterocycles. The van der Waals surface area contributed by atoms with Gasteiger partial charge in [0.05, 0.1) is 11.0 Å². The van der Waals surface area contributed by atoms with Crippen LogP contribution >= 0.6 is 11.8 Å². The molecule has 1 aromatic carbocycles. The lowest BCUT2D eigenvalue weighted by atomic mass is 10.2. The standard InChI is InChI=1S/C13H12N4S/c1-2-5-9(6-3-1)12-14-15-13-17(12)16-10-7-4-8-11(10)18-13/h1-3,5-6,11H,4,7-8H2. The zero-order chi connectivity index (χ0) is 11.9. The Kier molecular flexibility index (Phi) is 2.26. The summed E-state index contributed by atoms with van der Waals surface area (Å²) in [5.41, 5.74) is 2.36. The van der Waals surface area contributed by atoms with E-state index in [1.165, 1.54) is 18.6 Å². The Hall–Kier alpha value is -1.62. The Bertz CT molecular complexity index is 617. The first-order valence-corrected chi connectivity index (χ1v) is 7.05. The quantitative estimate of drug-likeness (QED) is 0.788.